The largest absolute Gasteiger partial charge is 0.481 e. The molecule has 89 heavy (non-hydrogen) atoms. The van der Waals surface area contributed by atoms with Crippen molar-refractivity contribution in [2.75, 3.05) is 47.5 Å². The summed E-state index contributed by atoms with van der Waals surface area (Å²) in [6, 6.07) is 32.3. The van der Waals surface area contributed by atoms with Crippen molar-refractivity contribution in [2.24, 2.45) is 23.7 Å². The highest BCUT2D eigenvalue weighted by Crippen LogP contribution is 2.85. The number of aliphatic hydroxyl groups excluding tert-OH is 1. The van der Waals surface area contributed by atoms with Gasteiger partial charge in [-0.2, -0.15) is 0 Å². The number of hydrogen-bond acceptors (Lipinski definition) is 15. The molecular formula is C69H109BrN3O14P2+. The zero-order valence-corrected chi connectivity index (χ0v) is 59.0. The van der Waals surface area contributed by atoms with E-state index in [0.717, 1.165) is 57.5 Å². The fourth-order valence-corrected chi connectivity index (χ4v) is 28.9. The van der Waals surface area contributed by atoms with E-state index < -0.39 is 121 Å². The average molecular weight is 1350 g/mol. The predicted molar refractivity (Wildman–Crippen MR) is 359 cm³/mol. The normalized spacial score (nSPS) is 34.2. The van der Waals surface area contributed by atoms with Crippen LogP contribution in [-0.2, 0) is 42.7 Å². The highest BCUT2D eigenvalue weighted by Gasteiger charge is 2.55. The molecule has 3 aromatic rings. The third kappa shape index (κ3) is 19.3. The van der Waals surface area contributed by atoms with E-state index in [1.54, 1.807) is 34.6 Å². The van der Waals surface area contributed by atoms with E-state index in [0.29, 0.717) is 19.5 Å². The van der Waals surface area contributed by atoms with Gasteiger partial charge in [0.25, 0.3) is 0 Å². The van der Waals surface area contributed by atoms with E-state index >= 15 is 0 Å². The summed E-state index contributed by atoms with van der Waals surface area (Å²) in [7, 11) is 7.17. The predicted octanol–water partition coefficient (Wildman–Crippen LogP) is 11.2. The van der Waals surface area contributed by atoms with Gasteiger partial charge in [-0.1, -0.05) is 114 Å². The van der Waals surface area contributed by atoms with Gasteiger partial charge in [0, 0.05) is 56.7 Å². The molecule has 3 fully saturated rings. The van der Waals surface area contributed by atoms with E-state index in [-0.39, 0.29) is 43.7 Å². The van der Waals surface area contributed by atoms with Crippen LogP contribution in [0.4, 0.5) is 4.79 Å². The topological polar surface area (TPSA) is 215 Å². The van der Waals surface area contributed by atoms with Crippen molar-refractivity contribution in [3.63, 3.8) is 0 Å². The summed E-state index contributed by atoms with van der Waals surface area (Å²) in [5, 5.41) is 54.5. The maximum Gasteiger partial charge on any atom is 0.407 e. The van der Waals surface area contributed by atoms with E-state index in [9.17, 15) is 34.8 Å². The summed E-state index contributed by atoms with van der Waals surface area (Å²) < 4.78 is 45.2. The number of aliphatic hydroxyl groups is 3. The summed E-state index contributed by atoms with van der Waals surface area (Å²) in [4.78, 5) is 45.4. The fraction of sp³-hybridized carbons (Fsp3) is 0.696. The van der Waals surface area contributed by atoms with Gasteiger partial charge in [-0.05, 0) is 160 Å². The van der Waals surface area contributed by atoms with Crippen molar-refractivity contribution in [1.29, 1.82) is 0 Å². The Morgan fingerprint density at radius 1 is 0.798 bits per heavy atom. The SMILES string of the molecule is CC[C@H]1OC(=O)[C@H](C)[C@@H](O[C@H]2C[C@@](C)(OC)[C@@H](O)[C@H](C)O2)[C@H](C)[C@@H](O[C@@H]2O[C@H](C)C[C@H](N(C)C)[C@H]2CC(=O)O)[C@](C)(O)C[C@@H](C)CN(C)[C@H](C)[C@@H](OC(=O)NCCCCCCCCCCP(Br)[P+](c2ccccc2)(c2ccccc2)c2ccccc2)[C@]1(C)O. The van der Waals surface area contributed by atoms with Gasteiger partial charge in [-0.25, -0.2) is 4.79 Å². The number of carboxylic acids is 1. The van der Waals surface area contributed by atoms with Crippen LogP contribution in [0.25, 0.3) is 0 Å². The molecule has 0 aliphatic carbocycles. The second kappa shape index (κ2) is 34.3. The molecule has 3 heterocycles. The lowest BCUT2D eigenvalue weighted by Crippen LogP contribution is -2.61. The van der Waals surface area contributed by atoms with Gasteiger partial charge in [-0.3, -0.25) is 14.5 Å². The summed E-state index contributed by atoms with van der Waals surface area (Å²) in [6.45, 7) is 16.5. The van der Waals surface area contributed by atoms with Gasteiger partial charge >= 0.3 is 18.0 Å². The maximum absolute atomic E-state index is 15.0. The zero-order chi connectivity index (χ0) is 65.4. The molecule has 1 amide bonds. The molecule has 0 aromatic heterocycles. The molecule has 0 bridgehead atoms. The van der Waals surface area contributed by atoms with Crippen molar-refractivity contribution in [2.45, 2.75) is 237 Å². The van der Waals surface area contributed by atoms with E-state index in [4.69, 9.17) is 33.2 Å². The van der Waals surface area contributed by atoms with Crippen LogP contribution >= 0.6 is 28.8 Å². The number of carboxylic acid groups (broad SMARTS) is 1. The monoisotopic (exact) mass is 1340 g/mol. The lowest BCUT2D eigenvalue weighted by atomic mass is 9.77. The molecular weight excluding hydrogens is 1240 g/mol. The molecule has 19 atom stereocenters. The van der Waals surface area contributed by atoms with Crippen LogP contribution in [-0.4, -0.2) is 180 Å². The van der Waals surface area contributed by atoms with Crippen LogP contribution in [0.1, 0.15) is 153 Å². The Balaban J connectivity index is 1.13. The van der Waals surface area contributed by atoms with Gasteiger partial charge in [0.2, 0.25) is 0 Å². The Hall–Kier alpha value is -3.19. The van der Waals surface area contributed by atoms with E-state index in [2.05, 4.69) is 112 Å². The molecule has 0 saturated carbocycles. The van der Waals surface area contributed by atoms with Gasteiger partial charge in [0.15, 0.2) is 18.7 Å². The Morgan fingerprint density at radius 3 is 1.85 bits per heavy atom. The number of carbonyl (C=O) groups excluding carboxylic acids is 2. The summed E-state index contributed by atoms with van der Waals surface area (Å²) in [5.41, 5.74) is -4.68. The van der Waals surface area contributed by atoms with Crippen molar-refractivity contribution in [3.05, 3.63) is 91.0 Å². The lowest BCUT2D eigenvalue weighted by molar-refractivity contribution is -0.313. The number of nitrogens with zero attached hydrogens (tertiary/aromatic N) is 2. The number of halogens is 1. The first-order valence-corrected chi connectivity index (χ1v) is 38.7. The molecule has 1 unspecified atom stereocenters. The third-order valence-electron chi connectivity index (χ3n) is 19.2. The van der Waals surface area contributed by atoms with Crippen molar-refractivity contribution >= 4 is 62.7 Å². The van der Waals surface area contributed by atoms with E-state index in [1.165, 1.54) is 29.9 Å². The Bertz CT molecular complexity index is 2520. The van der Waals surface area contributed by atoms with Crippen LogP contribution in [0.15, 0.2) is 91.0 Å². The number of alkyl carbamates (subject to hydrolysis) is 1. The number of carbonyl (C=O) groups is 3. The van der Waals surface area contributed by atoms with Crippen LogP contribution in [0, 0.1) is 23.7 Å². The van der Waals surface area contributed by atoms with Crippen molar-refractivity contribution < 1.29 is 68.0 Å². The molecule has 6 rings (SSSR count). The number of amides is 1. The van der Waals surface area contributed by atoms with Crippen molar-refractivity contribution in [3.8, 4) is 0 Å². The fourth-order valence-electron chi connectivity index (χ4n) is 14.2. The lowest BCUT2D eigenvalue weighted by Gasteiger charge is -2.49. The van der Waals surface area contributed by atoms with Gasteiger partial charge in [-0.15, -0.1) is 0 Å². The number of rotatable bonds is 25. The van der Waals surface area contributed by atoms with Crippen molar-refractivity contribution in [1.82, 2.24) is 15.1 Å². The number of methoxy groups -OCH3 is 1. The number of benzene rings is 3. The van der Waals surface area contributed by atoms with Crippen LogP contribution in [0.3, 0.4) is 0 Å². The Kier molecular flexibility index (Phi) is 28.8. The maximum atomic E-state index is 15.0. The number of hydrogen-bond donors (Lipinski definition) is 5. The number of likely N-dealkylation sites (N-methyl/N-ethyl adjacent to an activating group) is 1. The average Bonchev–Trinajstić information content (AvgIpc) is 1.10. The minimum absolute atomic E-state index is 0.0777. The molecule has 3 aliphatic heterocycles. The summed E-state index contributed by atoms with van der Waals surface area (Å²) in [6.07, 6.45) is 0.169. The summed E-state index contributed by atoms with van der Waals surface area (Å²) >= 11 is 4.37. The number of aliphatic carboxylic acids is 1. The number of cyclic esters (lactones) is 1. The van der Waals surface area contributed by atoms with Gasteiger partial charge in [0.05, 0.1) is 48.0 Å². The molecule has 0 spiro atoms. The molecule has 20 heteroatoms. The van der Waals surface area contributed by atoms with E-state index in [1.807, 2.05) is 58.6 Å². The number of ether oxygens (including phenoxy) is 7. The van der Waals surface area contributed by atoms with Gasteiger partial charge < -0.3 is 63.8 Å². The van der Waals surface area contributed by atoms with Gasteiger partial charge in [0.1, 0.15) is 47.0 Å². The number of nitrogens with one attached hydrogen (secondary N) is 1. The first-order chi connectivity index (χ1) is 42.1. The molecule has 3 aliphatic rings. The standard InChI is InChI=1S/C69H108BrN3O14P2/c1-15-57-69(10,80)63(87-66(78)71-39-31-20-18-16-17-19-21-32-40-88(70)89(52-33-25-22-26-34-52,53-35-27-23-28-36-53)54-37-29-24-30-38-54)50(6)73(13)45-46(2)43-67(8,79)62(86-65-55(42-58(74)75)56(72(11)12)41-47(3)82-65)48(4)60(49(5)64(77)84-57)85-59-44-68(9,81-14)61(76)51(7)83-59/h22-30,33-38,46-51,55-57,59-63,65,76,79-80H,15-21,31-32,39-45H2,1-14H3,(H-,71,74,75,78)/p+1/t46-,47-,48+,49-,50-,51+,55-,56+,57-,59+,60+,61+,62-,63-,65+,67-,68-,69-,88?/m1/s1. The van der Waals surface area contributed by atoms with Crippen LogP contribution in [0.5, 0.6) is 0 Å². The molecule has 3 aromatic carbocycles. The molecule has 5 N–H and O–H groups in total. The second-order valence-corrected chi connectivity index (χ2v) is 38.2. The van der Waals surface area contributed by atoms with Crippen LogP contribution in [0.2, 0.25) is 0 Å². The quantitative estimate of drug-likeness (QED) is 0.0303. The minimum Gasteiger partial charge on any atom is -0.481 e. The first-order valence-electron chi connectivity index (χ1n) is 32.7. The second-order valence-electron chi connectivity index (χ2n) is 26.8. The van der Waals surface area contributed by atoms with Crippen LogP contribution < -0.4 is 21.2 Å². The summed E-state index contributed by atoms with van der Waals surface area (Å²) in [5.74, 6) is -4.61. The Labute approximate surface area is 542 Å². The minimum atomic E-state index is -1.94. The Morgan fingerprint density at radius 2 is 1.34 bits per heavy atom. The highest BCUT2D eigenvalue weighted by atomic mass is 79.9. The highest BCUT2D eigenvalue weighted by molar-refractivity contribution is 9.46. The molecule has 17 nitrogen and oxygen atoms in total. The number of unbranched alkanes of at least 4 members (excludes halogenated alkanes) is 7. The third-order valence-corrected chi connectivity index (χ3v) is 33.7. The molecule has 0 radical (unpaired) electrons. The zero-order valence-electron chi connectivity index (χ0n) is 55.7. The first kappa shape index (κ1) is 74.8. The smallest absolute Gasteiger partial charge is 0.407 e. The number of esters is 1. The molecule has 500 valence electrons. The molecule has 3 saturated heterocycles.